The Morgan fingerprint density at radius 1 is 1.24 bits per heavy atom. The van der Waals surface area contributed by atoms with E-state index in [9.17, 15) is 16.8 Å². The Hall–Kier alpha value is -0.630. The highest BCUT2D eigenvalue weighted by Crippen LogP contribution is 2.14. The lowest BCUT2D eigenvalue weighted by Gasteiger charge is -2.06. The average molecular weight is 298 g/mol. The van der Waals surface area contributed by atoms with E-state index < -0.39 is 19.9 Å². The molecule has 0 fully saturated rings. The summed E-state index contributed by atoms with van der Waals surface area (Å²) in [6.07, 6.45) is 1.04. The van der Waals surface area contributed by atoms with Crippen molar-refractivity contribution in [2.75, 3.05) is 18.6 Å². The van der Waals surface area contributed by atoms with Gasteiger partial charge < -0.3 is 0 Å². The molecular formula is C9H12ClNO4S2. The van der Waals surface area contributed by atoms with Gasteiger partial charge in [0.2, 0.25) is 10.0 Å². The Bertz CT molecular complexity index is 595. The fraction of sp³-hybridized carbons (Fsp3) is 0.333. The van der Waals surface area contributed by atoms with E-state index >= 15 is 0 Å². The summed E-state index contributed by atoms with van der Waals surface area (Å²) >= 11 is 5.67. The van der Waals surface area contributed by atoms with Crippen LogP contribution in [0.15, 0.2) is 29.2 Å². The summed E-state index contributed by atoms with van der Waals surface area (Å²) in [7, 11) is -6.89. The lowest BCUT2D eigenvalue weighted by molar-refractivity contribution is 0.582. The van der Waals surface area contributed by atoms with Crippen molar-refractivity contribution in [3.63, 3.8) is 0 Å². The average Bonchev–Trinajstić information content (AvgIpc) is 2.15. The van der Waals surface area contributed by atoms with Gasteiger partial charge in [-0.3, -0.25) is 0 Å². The predicted molar refractivity (Wildman–Crippen MR) is 66.4 cm³/mol. The van der Waals surface area contributed by atoms with Crippen molar-refractivity contribution in [3.8, 4) is 0 Å². The van der Waals surface area contributed by atoms with Crippen molar-refractivity contribution >= 4 is 31.5 Å². The van der Waals surface area contributed by atoms with E-state index in [4.69, 9.17) is 11.6 Å². The van der Waals surface area contributed by atoms with Gasteiger partial charge in [0.25, 0.3) is 0 Å². The van der Waals surface area contributed by atoms with Crippen LogP contribution < -0.4 is 4.72 Å². The van der Waals surface area contributed by atoms with Gasteiger partial charge in [-0.15, -0.1) is 0 Å². The molecule has 0 heterocycles. The van der Waals surface area contributed by atoms with E-state index in [1.807, 2.05) is 0 Å². The van der Waals surface area contributed by atoms with Gasteiger partial charge >= 0.3 is 0 Å². The Labute approximate surface area is 106 Å². The van der Waals surface area contributed by atoms with E-state index in [2.05, 4.69) is 4.72 Å². The molecule has 0 saturated heterocycles. The zero-order valence-corrected chi connectivity index (χ0v) is 11.4. The Kier molecular flexibility index (Phi) is 4.54. The zero-order chi connectivity index (χ0) is 13.1. The number of benzene rings is 1. The molecule has 5 nitrogen and oxygen atoms in total. The molecule has 96 valence electrons. The fourth-order valence-electron chi connectivity index (χ4n) is 1.08. The second-order valence-electron chi connectivity index (χ2n) is 3.49. The van der Waals surface area contributed by atoms with Gasteiger partial charge in [-0.05, 0) is 18.2 Å². The standard InChI is InChI=1S/C9H12ClNO4S2/c1-16(12,13)6-5-11-17(14,15)9-4-2-3-8(10)7-9/h2-4,7,11H,5-6H2,1H3. The molecule has 1 aromatic rings. The first-order chi connectivity index (χ1) is 7.71. The summed E-state index contributed by atoms with van der Waals surface area (Å²) in [6.45, 7) is -0.159. The lowest BCUT2D eigenvalue weighted by atomic mass is 10.4. The maximum Gasteiger partial charge on any atom is 0.240 e. The third-order valence-electron chi connectivity index (χ3n) is 1.87. The Balaban J connectivity index is 2.77. The summed E-state index contributed by atoms with van der Waals surface area (Å²) in [5.41, 5.74) is 0. The van der Waals surface area contributed by atoms with Crippen LogP contribution in [0.5, 0.6) is 0 Å². The molecule has 0 aromatic heterocycles. The number of halogens is 1. The van der Waals surface area contributed by atoms with Crippen LogP contribution in [0.3, 0.4) is 0 Å². The first kappa shape index (κ1) is 14.4. The molecule has 0 radical (unpaired) electrons. The molecule has 0 aliphatic rings. The molecule has 1 N–H and O–H groups in total. The van der Waals surface area contributed by atoms with Crippen LogP contribution >= 0.6 is 11.6 Å². The summed E-state index contributed by atoms with van der Waals surface area (Å²) < 4.78 is 47.3. The van der Waals surface area contributed by atoms with Crippen LogP contribution in [0.2, 0.25) is 5.02 Å². The van der Waals surface area contributed by atoms with Crippen molar-refractivity contribution in [1.82, 2.24) is 4.72 Å². The molecule has 1 rings (SSSR count). The number of rotatable bonds is 5. The first-order valence-electron chi connectivity index (χ1n) is 4.64. The van der Waals surface area contributed by atoms with E-state index in [1.54, 1.807) is 6.07 Å². The topological polar surface area (TPSA) is 80.3 Å². The van der Waals surface area contributed by atoms with Crippen LogP contribution in [0.25, 0.3) is 0 Å². The number of hydrogen-bond donors (Lipinski definition) is 1. The normalized spacial score (nSPS) is 12.6. The molecule has 0 aliphatic heterocycles. The van der Waals surface area contributed by atoms with Crippen molar-refractivity contribution in [1.29, 1.82) is 0 Å². The lowest BCUT2D eigenvalue weighted by Crippen LogP contribution is -2.28. The van der Waals surface area contributed by atoms with Crippen LogP contribution in [0, 0.1) is 0 Å². The maximum atomic E-state index is 11.7. The van der Waals surface area contributed by atoms with Crippen molar-refractivity contribution in [2.24, 2.45) is 0 Å². The molecule has 0 amide bonds. The molecule has 0 saturated carbocycles. The minimum atomic E-state index is -3.70. The smallest absolute Gasteiger partial charge is 0.229 e. The molecule has 0 spiro atoms. The zero-order valence-electron chi connectivity index (χ0n) is 9.05. The van der Waals surface area contributed by atoms with Crippen LogP contribution in [0.1, 0.15) is 0 Å². The minimum absolute atomic E-state index is 0.0125. The monoisotopic (exact) mass is 297 g/mol. The first-order valence-corrected chi connectivity index (χ1v) is 8.56. The third kappa shape index (κ3) is 5.03. The SMILES string of the molecule is CS(=O)(=O)CCNS(=O)(=O)c1cccc(Cl)c1. The Morgan fingerprint density at radius 2 is 1.88 bits per heavy atom. The fourth-order valence-corrected chi connectivity index (χ4v) is 3.01. The number of sulfone groups is 1. The summed E-state index contributed by atoms with van der Waals surface area (Å²) in [6, 6.07) is 5.74. The largest absolute Gasteiger partial charge is 0.240 e. The molecule has 1 aromatic carbocycles. The van der Waals surface area contributed by atoms with Crippen molar-refractivity contribution in [2.45, 2.75) is 4.90 Å². The van der Waals surface area contributed by atoms with E-state index in [0.717, 1.165) is 6.26 Å². The van der Waals surface area contributed by atoms with Crippen LogP contribution in [0.4, 0.5) is 0 Å². The van der Waals surface area contributed by atoms with E-state index in [1.165, 1.54) is 18.2 Å². The Morgan fingerprint density at radius 3 is 2.41 bits per heavy atom. The van der Waals surface area contributed by atoms with Crippen molar-refractivity contribution in [3.05, 3.63) is 29.3 Å². The second kappa shape index (κ2) is 5.34. The van der Waals surface area contributed by atoms with Gasteiger partial charge in [0.15, 0.2) is 0 Å². The molecule has 0 bridgehead atoms. The highest BCUT2D eigenvalue weighted by Gasteiger charge is 2.14. The second-order valence-corrected chi connectivity index (χ2v) is 7.95. The quantitative estimate of drug-likeness (QED) is 0.866. The van der Waals surface area contributed by atoms with Gasteiger partial charge in [-0.25, -0.2) is 21.6 Å². The molecule has 17 heavy (non-hydrogen) atoms. The summed E-state index contributed by atoms with van der Waals surface area (Å²) in [4.78, 5) is 0.0125. The van der Waals surface area contributed by atoms with E-state index in [0.29, 0.717) is 5.02 Å². The molecular weight excluding hydrogens is 286 g/mol. The van der Waals surface area contributed by atoms with Crippen LogP contribution in [-0.2, 0) is 19.9 Å². The molecule has 8 heteroatoms. The van der Waals surface area contributed by atoms with E-state index in [-0.39, 0.29) is 17.2 Å². The van der Waals surface area contributed by atoms with Crippen molar-refractivity contribution < 1.29 is 16.8 Å². The predicted octanol–water partition coefficient (Wildman–Crippen LogP) is 0.663. The highest BCUT2D eigenvalue weighted by molar-refractivity contribution is 7.91. The van der Waals surface area contributed by atoms with Gasteiger partial charge in [0, 0.05) is 17.8 Å². The molecule has 0 aliphatic carbocycles. The van der Waals surface area contributed by atoms with Gasteiger partial charge in [0.05, 0.1) is 10.6 Å². The molecule has 0 unspecified atom stereocenters. The summed E-state index contributed by atoms with van der Waals surface area (Å²) in [5, 5.41) is 0.302. The van der Waals surface area contributed by atoms with Gasteiger partial charge in [-0.1, -0.05) is 17.7 Å². The third-order valence-corrected chi connectivity index (χ3v) is 4.51. The number of sulfonamides is 1. The van der Waals surface area contributed by atoms with Crippen LogP contribution in [-0.4, -0.2) is 35.4 Å². The molecule has 0 atom stereocenters. The van der Waals surface area contributed by atoms with Gasteiger partial charge in [0.1, 0.15) is 9.84 Å². The summed E-state index contributed by atoms with van der Waals surface area (Å²) in [5.74, 6) is -0.243. The number of nitrogens with one attached hydrogen (secondary N) is 1. The number of hydrogen-bond acceptors (Lipinski definition) is 4. The van der Waals surface area contributed by atoms with Gasteiger partial charge in [-0.2, -0.15) is 0 Å². The minimum Gasteiger partial charge on any atom is -0.229 e. The maximum absolute atomic E-state index is 11.7. The highest BCUT2D eigenvalue weighted by atomic mass is 35.5.